The topological polar surface area (TPSA) is 94.1 Å². The fourth-order valence-corrected chi connectivity index (χ4v) is 2.90. The van der Waals surface area contributed by atoms with Crippen molar-refractivity contribution in [2.45, 2.75) is 19.9 Å². The van der Waals surface area contributed by atoms with Gasteiger partial charge >= 0.3 is 0 Å². The van der Waals surface area contributed by atoms with Crippen LogP contribution in [-0.4, -0.2) is 21.2 Å². The van der Waals surface area contributed by atoms with Crippen molar-refractivity contribution in [3.63, 3.8) is 0 Å². The number of nitrogens with zero attached hydrogens (tertiary/aromatic N) is 3. The van der Waals surface area contributed by atoms with Crippen LogP contribution in [-0.2, 0) is 0 Å². The summed E-state index contributed by atoms with van der Waals surface area (Å²) in [5, 5.41) is 10.6. The normalized spacial score (nSPS) is 12.0. The molecule has 2 aromatic carbocycles. The molecule has 30 heavy (non-hydrogen) atoms. The first kappa shape index (κ1) is 19.4. The highest BCUT2D eigenvalue weighted by Gasteiger charge is 2.25. The Morgan fingerprint density at radius 1 is 0.933 bits per heavy atom. The fourth-order valence-electron chi connectivity index (χ4n) is 2.90. The third-order valence-electron chi connectivity index (χ3n) is 4.47. The van der Waals surface area contributed by atoms with Gasteiger partial charge in [0.15, 0.2) is 0 Å². The molecule has 0 aliphatic heterocycles. The van der Waals surface area contributed by atoms with Crippen LogP contribution in [0.5, 0.6) is 0 Å². The lowest BCUT2D eigenvalue weighted by molar-refractivity contribution is 0.0931. The summed E-state index contributed by atoms with van der Waals surface area (Å²) in [6, 6.07) is 10.6. The zero-order chi connectivity index (χ0) is 21.3. The molecule has 152 valence electrons. The number of halogens is 2. The number of aromatic nitrogens is 3. The standard InChI is InChI=1S/C21H16F2N4O3/c1-11(21-25-19(27-30-21)14-5-9-16(23)10-6-14)24-20(28)17-12(2)29-26-18(17)13-3-7-15(22)8-4-13/h3-11H,1-2H3,(H,24,28). The van der Waals surface area contributed by atoms with Gasteiger partial charge in [0.05, 0.1) is 0 Å². The van der Waals surface area contributed by atoms with Crippen molar-refractivity contribution in [3.05, 3.63) is 77.4 Å². The van der Waals surface area contributed by atoms with E-state index in [-0.39, 0.29) is 23.1 Å². The molecular weight excluding hydrogens is 394 g/mol. The minimum absolute atomic E-state index is 0.181. The summed E-state index contributed by atoms with van der Waals surface area (Å²) in [4.78, 5) is 17.1. The van der Waals surface area contributed by atoms with E-state index >= 15 is 0 Å². The summed E-state index contributed by atoms with van der Waals surface area (Å²) in [5.41, 5.74) is 1.65. The van der Waals surface area contributed by atoms with E-state index in [1.165, 1.54) is 48.5 Å². The predicted molar refractivity (Wildman–Crippen MR) is 102 cm³/mol. The highest BCUT2D eigenvalue weighted by atomic mass is 19.1. The van der Waals surface area contributed by atoms with E-state index in [9.17, 15) is 13.6 Å². The molecule has 1 amide bonds. The van der Waals surface area contributed by atoms with Gasteiger partial charge in [0.2, 0.25) is 11.7 Å². The minimum Gasteiger partial charge on any atom is -0.360 e. The molecule has 2 aromatic heterocycles. The van der Waals surface area contributed by atoms with E-state index in [2.05, 4.69) is 20.6 Å². The number of hydrogen-bond donors (Lipinski definition) is 1. The third-order valence-corrected chi connectivity index (χ3v) is 4.47. The Labute approximate surface area is 169 Å². The predicted octanol–water partition coefficient (Wildman–Crippen LogP) is 4.47. The van der Waals surface area contributed by atoms with Gasteiger partial charge in [0, 0.05) is 11.1 Å². The first-order valence-corrected chi connectivity index (χ1v) is 9.05. The monoisotopic (exact) mass is 410 g/mol. The van der Waals surface area contributed by atoms with Crippen molar-refractivity contribution < 1.29 is 22.6 Å². The summed E-state index contributed by atoms with van der Waals surface area (Å²) in [5.74, 6) is -0.450. The van der Waals surface area contributed by atoms with Crippen LogP contribution in [0.2, 0.25) is 0 Å². The van der Waals surface area contributed by atoms with Crippen LogP contribution in [0, 0.1) is 18.6 Å². The van der Waals surface area contributed by atoms with Crippen LogP contribution in [0.3, 0.4) is 0 Å². The highest BCUT2D eigenvalue weighted by Crippen LogP contribution is 2.26. The second-order valence-corrected chi connectivity index (χ2v) is 6.63. The Balaban J connectivity index is 1.54. The molecule has 0 radical (unpaired) electrons. The van der Waals surface area contributed by atoms with E-state index in [4.69, 9.17) is 9.05 Å². The molecule has 1 atom stereocenters. The van der Waals surface area contributed by atoms with Crippen molar-refractivity contribution >= 4 is 5.91 Å². The molecule has 0 aliphatic rings. The number of rotatable bonds is 5. The van der Waals surface area contributed by atoms with Crippen LogP contribution >= 0.6 is 0 Å². The largest absolute Gasteiger partial charge is 0.360 e. The molecule has 0 fully saturated rings. The van der Waals surface area contributed by atoms with E-state index in [1.807, 2.05) is 0 Å². The lowest BCUT2D eigenvalue weighted by Gasteiger charge is -2.10. The Kier molecular flexibility index (Phi) is 5.09. The summed E-state index contributed by atoms with van der Waals surface area (Å²) in [6.45, 7) is 3.29. The van der Waals surface area contributed by atoms with Crippen molar-refractivity contribution in [2.24, 2.45) is 0 Å². The number of carbonyl (C=O) groups excluding carboxylic acids is 1. The van der Waals surface area contributed by atoms with Crippen LogP contribution in [0.25, 0.3) is 22.6 Å². The average Bonchev–Trinajstić information content (AvgIpc) is 3.36. The second kappa shape index (κ2) is 7.86. The number of benzene rings is 2. The Morgan fingerprint density at radius 2 is 1.53 bits per heavy atom. The van der Waals surface area contributed by atoms with E-state index < -0.39 is 17.8 Å². The summed E-state index contributed by atoms with van der Waals surface area (Å²) in [7, 11) is 0. The van der Waals surface area contributed by atoms with Crippen LogP contribution in [0.4, 0.5) is 8.78 Å². The SMILES string of the molecule is Cc1onc(-c2ccc(F)cc2)c1C(=O)NC(C)c1nc(-c2ccc(F)cc2)no1. The molecule has 4 rings (SSSR count). The van der Waals surface area contributed by atoms with Crippen molar-refractivity contribution in [2.75, 3.05) is 0 Å². The van der Waals surface area contributed by atoms with Gasteiger partial charge < -0.3 is 14.4 Å². The van der Waals surface area contributed by atoms with Gasteiger partial charge in [-0.3, -0.25) is 4.79 Å². The fraction of sp³-hybridized carbons (Fsp3) is 0.143. The first-order chi connectivity index (χ1) is 14.4. The van der Waals surface area contributed by atoms with Crippen molar-refractivity contribution in [3.8, 4) is 22.6 Å². The lowest BCUT2D eigenvalue weighted by Crippen LogP contribution is -2.27. The second-order valence-electron chi connectivity index (χ2n) is 6.63. The van der Waals surface area contributed by atoms with Gasteiger partial charge in [-0.05, 0) is 62.4 Å². The molecule has 7 nitrogen and oxygen atoms in total. The number of carbonyl (C=O) groups is 1. The van der Waals surface area contributed by atoms with E-state index in [1.54, 1.807) is 13.8 Å². The summed E-state index contributed by atoms with van der Waals surface area (Å²) < 4.78 is 36.7. The molecule has 0 saturated heterocycles. The molecule has 2 heterocycles. The number of nitrogens with one attached hydrogen (secondary N) is 1. The van der Waals surface area contributed by atoms with Crippen LogP contribution in [0.1, 0.15) is 35.0 Å². The zero-order valence-electron chi connectivity index (χ0n) is 16.0. The number of amides is 1. The van der Waals surface area contributed by atoms with Crippen molar-refractivity contribution in [1.29, 1.82) is 0 Å². The van der Waals surface area contributed by atoms with Gasteiger partial charge in [-0.25, -0.2) is 8.78 Å². The molecule has 0 spiro atoms. The average molecular weight is 410 g/mol. The molecule has 0 bridgehead atoms. The Bertz CT molecular complexity index is 1180. The molecular formula is C21H16F2N4O3. The van der Waals surface area contributed by atoms with E-state index in [0.717, 1.165) is 0 Å². The van der Waals surface area contributed by atoms with Gasteiger partial charge in [-0.1, -0.05) is 10.3 Å². The van der Waals surface area contributed by atoms with Gasteiger partial charge in [-0.2, -0.15) is 4.98 Å². The van der Waals surface area contributed by atoms with Gasteiger partial charge in [0.25, 0.3) is 5.91 Å². The molecule has 4 aromatic rings. The first-order valence-electron chi connectivity index (χ1n) is 9.05. The molecule has 9 heteroatoms. The minimum atomic E-state index is -0.616. The van der Waals surface area contributed by atoms with Crippen LogP contribution in [0.15, 0.2) is 57.6 Å². The van der Waals surface area contributed by atoms with Gasteiger partial charge in [-0.15, -0.1) is 0 Å². The van der Waals surface area contributed by atoms with Gasteiger partial charge in [0.1, 0.15) is 34.7 Å². The van der Waals surface area contributed by atoms with Crippen molar-refractivity contribution in [1.82, 2.24) is 20.6 Å². The third kappa shape index (κ3) is 3.82. The molecule has 0 saturated carbocycles. The maximum absolute atomic E-state index is 13.2. The highest BCUT2D eigenvalue weighted by molar-refractivity contribution is 6.00. The molecule has 0 aliphatic carbocycles. The smallest absolute Gasteiger partial charge is 0.257 e. The number of aryl methyl sites for hydroxylation is 1. The zero-order valence-corrected chi connectivity index (χ0v) is 16.0. The number of hydrogen-bond acceptors (Lipinski definition) is 6. The Hall–Kier alpha value is -3.88. The van der Waals surface area contributed by atoms with Crippen LogP contribution < -0.4 is 5.32 Å². The maximum atomic E-state index is 13.2. The quantitative estimate of drug-likeness (QED) is 0.522. The van der Waals surface area contributed by atoms with E-state index in [0.29, 0.717) is 22.6 Å². The molecule has 1 N–H and O–H groups in total. The lowest BCUT2D eigenvalue weighted by atomic mass is 10.1. The molecule has 1 unspecified atom stereocenters. The Morgan fingerprint density at radius 3 is 2.17 bits per heavy atom. The summed E-state index contributed by atoms with van der Waals surface area (Å²) >= 11 is 0. The summed E-state index contributed by atoms with van der Waals surface area (Å²) in [6.07, 6.45) is 0. The maximum Gasteiger partial charge on any atom is 0.257 e.